The van der Waals surface area contributed by atoms with Gasteiger partial charge in [-0.3, -0.25) is 9.59 Å². The number of hydrogen-bond acceptors (Lipinski definition) is 4. The average Bonchev–Trinajstić information content (AvgIpc) is 3.15. The number of nitrogens with one attached hydrogen (secondary N) is 2. The molecule has 0 spiro atoms. The number of amides is 2. The number of benzene rings is 2. The summed E-state index contributed by atoms with van der Waals surface area (Å²) in [5.74, 6) is -1.20. The molecular weight excluding hydrogens is 432 g/mol. The van der Waals surface area contributed by atoms with E-state index < -0.39 is 17.5 Å². The lowest BCUT2D eigenvalue weighted by atomic mass is 9.85. The van der Waals surface area contributed by atoms with Gasteiger partial charge >= 0.3 is 12.1 Å². The average molecular weight is 465 g/mol. The molecule has 34 heavy (non-hydrogen) atoms. The fourth-order valence-corrected chi connectivity index (χ4v) is 4.83. The van der Waals surface area contributed by atoms with E-state index in [1.165, 1.54) is 22.3 Å². The third kappa shape index (κ3) is 5.08. The number of carbonyl (C=O) groups is 3. The maximum absolute atomic E-state index is 12.5. The van der Waals surface area contributed by atoms with Crippen LogP contribution < -0.4 is 10.6 Å². The van der Waals surface area contributed by atoms with Crippen molar-refractivity contribution < 1.29 is 24.2 Å². The molecule has 0 unspecified atom stereocenters. The number of aliphatic carboxylic acids is 1. The van der Waals surface area contributed by atoms with Crippen molar-refractivity contribution in [2.45, 2.75) is 51.5 Å². The third-order valence-corrected chi connectivity index (χ3v) is 7.05. The molecule has 0 saturated heterocycles. The van der Waals surface area contributed by atoms with Gasteiger partial charge in [0.25, 0.3) is 0 Å². The Morgan fingerprint density at radius 3 is 2.06 bits per heavy atom. The maximum Gasteiger partial charge on any atom is 0.407 e. The summed E-state index contributed by atoms with van der Waals surface area (Å²) in [6.07, 6.45) is 2.23. The van der Waals surface area contributed by atoms with Crippen LogP contribution in [-0.4, -0.2) is 42.3 Å². The van der Waals surface area contributed by atoms with E-state index in [-0.39, 0.29) is 36.9 Å². The van der Waals surface area contributed by atoms with Crippen LogP contribution in [0.4, 0.5) is 4.79 Å². The number of carboxylic acid groups (broad SMARTS) is 1. The summed E-state index contributed by atoms with van der Waals surface area (Å²) in [5, 5.41) is 14.9. The van der Waals surface area contributed by atoms with Crippen LogP contribution in [0.3, 0.4) is 0 Å². The minimum atomic E-state index is -1.00. The van der Waals surface area contributed by atoms with Gasteiger partial charge in [-0.15, -0.1) is 0 Å². The summed E-state index contributed by atoms with van der Waals surface area (Å²) >= 11 is 0. The first-order chi connectivity index (χ1) is 16.3. The van der Waals surface area contributed by atoms with Gasteiger partial charge in [-0.25, -0.2) is 4.79 Å². The molecule has 2 amide bonds. The molecule has 1 saturated carbocycles. The minimum Gasteiger partial charge on any atom is -0.481 e. The predicted molar refractivity (Wildman–Crippen MR) is 128 cm³/mol. The molecule has 7 nitrogen and oxygen atoms in total. The third-order valence-electron chi connectivity index (χ3n) is 7.05. The predicted octanol–water partition coefficient (Wildman–Crippen LogP) is 4.31. The Hall–Kier alpha value is -3.35. The molecule has 2 aliphatic rings. The van der Waals surface area contributed by atoms with Crippen LogP contribution in [0.1, 0.15) is 56.6 Å². The van der Waals surface area contributed by atoms with E-state index in [0.29, 0.717) is 25.7 Å². The maximum atomic E-state index is 12.5. The van der Waals surface area contributed by atoms with Crippen molar-refractivity contribution in [3.63, 3.8) is 0 Å². The Labute approximate surface area is 199 Å². The fourth-order valence-electron chi connectivity index (χ4n) is 4.83. The first-order valence-corrected chi connectivity index (χ1v) is 11.9. The largest absolute Gasteiger partial charge is 0.481 e. The molecule has 2 aromatic carbocycles. The molecule has 2 aliphatic carbocycles. The molecule has 0 heterocycles. The van der Waals surface area contributed by atoms with Gasteiger partial charge in [0.05, 0.1) is 5.41 Å². The molecule has 7 heteroatoms. The zero-order valence-electron chi connectivity index (χ0n) is 19.7. The van der Waals surface area contributed by atoms with Crippen molar-refractivity contribution in [2.75, 3.05) is 13.2 Å². The summed E-state index contributed by atoms with van der Waals surface area (Å²) in [6.45, 7) is 3.55. The van der Waals surface area contributed by atoms with Crippen LogP contribution in [0.2, 0.25) is 0 Å². The van der Waals surface area contributed by atoms with Crippen molar-refractivity contribution in [2.24, 2.45) is 11.3 Å². The van der Waals surface area contributed by atoms with E-state index in [4.69, 9.17) is 4.74 Å². The molecular formula is C27H32N2O5. The van der Waals surface area contributed by atoms with Crippen molar-refractivity contribution >= 4 is 18.0 Å². The summed E-state index contributed by atoms with van der Waals surface area (Å²) in [7, 11) is 0. The first-order valence-electron chi connectivity index (χ1n) is 11.9. The Bertz CT molecular complexity index is 1030. The van der Waals surface area contributed by atoms with Crippen LogP contribution >= 0.6 is 0 Å². The summed E-state index contributed by atoms with van der Waals surface area (Å²) in [4.78, 5) is 36.2. The fraction of sp³-hybridized carbons (Fsp3) is 0.444. The minimum absolute atomic E-state index is 0.0210. The summed E-state index contributed by atoms with van der Waals surface area (Å²) in [6, 6.07) is 16.4. The van der Waals surface area contributed by atoms with Crippen molar-refractivity contribution in [1.29, 1.82) is 0 Å². The van der Waals surface area contributed by atoms with Crippen LogP contribution in [0, 0.1) is 11.3 Å². The standard InChI is InChI=1S/C27H32N2O5/c1-27(2,25(31)32)16-28-24(30)17-11-13-18(14-12-17)29-26(33)34-15-23-21-9-5-3-7-19(21)20-8-4-6-10-22(20)23/h3-10,17-18,23H,11-16H2,1-2H3,(H,28,30)(H,29,33)(H,31,32). The molecule has 0 atom stereocenters. The second-order valence-electron chi connectivity index (χ2n) is 9.93. The first kappa shape index (κ1) is 23.8. The number of carbonyl (C=O) groups excluding carboxylic acids is 2. The smallest absolute Gasteiger partial charge is 0.407 e. The van der Waals surface area contributed by atoms with Crippen LogP contribution in [0.15, 0.2) is 48.5 Å². The molecule has 2 aromatic rings. The molecule has 4 rings (SSSR count). The van der Waals surface area contributed by atoms with E-state index in [1.807, 2.05) is 24.3 Å². The van der Waals surface area contributed by atoms with Gasteiger partial charge in [-0.2, -0.15) is 0 Å². The molecule has 1 fully saturated rings. The number of rotatable bonds is 7. The Morgan fingerprint density at radius 2 is 1.50 bits per heavy atom. The summed E-state index contributed by atoms with van der Waals surface area (Å²) < 4.78 is 5.63. The normalized spacial score (nSPS) is 19.6. The second-order valence-corrected chi connectivity index (χ2v) is 9.93. The molecule has 0 aromatic heterocycles. The zero-order valence-corrected chi connectivity index (χ0v) is 19.7. The molecule has 0 radical (unpaired) electrons. The van der Waals surface area contributed by atoms with Crippen LogP contribution in [-0.2, 0) is 14.3 Å². The molecule has 3 N–H and O–H groups in total. The second kappa shape index (κ2) is 9.87. The highest BCUT2D eigenvalue weighted by molar-refractivity contribution is 5.81. The summed E-state index contributed by atoms with van der Waals surface area (Å²) in [5.41, 5.74) is 3.73. The van der Waals surface area contributed by atoms with Gasteiger partial charge in [-0.1, -0.05) is 48.5 Å². The van der Waals surface area contributed by atoms with Gasteiger partial charge in [0, 0.05) is 24.4 Å². The Kier molecular flexibility index (Phi) is 6.91. The highest BCUT2D eigenvalue weighted by atomic mass is 16.5. The Morgan fingerprint density at radius 1 is 0.941 bits per heavy atom. The zero-order chi connectivity index (χ0) is 24.3. The number of fused-ring (bicyclic) bond motifs is 3. The number of hydrogen-bond donors (Lipinski definition) is 3. The van der Waals surface area contributed by atoms with Gasteiger partial charge in [0.1, 0.15) is 6.61 Å². The number of ether oxygens (including phenoxy) is 1. The molecule has 0 aliphatic heterocycles. The number of alkyl carbamates (subject to hydrolysis) is 1. The van der Waals surface area contributed by atoms with Crippen molar-refractivity contribution in [3.05, 3.63) is 59.7 Å². The van der Waals surface area contributed by atoms with E-state index in [2.05, 4.69) is 34.9 Å². The highest BCUT2D eigenvalue weighted by Crippen LogP contribution is 2.44. The van der Waals surface area contributed by atoms with Gasteiger partial charge in [0.2, 0.25) is 5.91 Å². The van der Waals surface area contributed by atoms with E-state index in [0.717, 1.165) is 0 Å². The van der Waals surface area contributed by atoms with Crippen LogP contribution in [0.5, 0.6) is 0 Å². The van der Waals surface area contributed by atoms with E-state index in [1.54, 1.807) is 13.8 Å². The van der Waals surface area contributed by atoms with Gasteiger partial charge in [0.15, 0.2) is 0 Å². The lowest BCUT2D eigenvalue weighted by Gasteiger charge is -2.29. The van der Waals surface area contributed by atoms with E-state index >= 15 is 0 Å². The van der Waals surface area contributed by atoms with Crippen molar-refractivity contribution in [3.8, 4) is 11.1 Å². The van der Waals surface area contributed by atoms with E-state index in [9.17, 15) is 19.5 Å². The Balaban J connectivity index is 1.24. The van der Waals surface area contributed by atoms with Gasteiger partial charge < -0.3 is 20.5 Å². The van der Waals surface area contributed by atoms with Crippen LogP contribution in [0.25, 0.3) is 11.1 Å². The lowest BCUT2D eigenvalue weighted by Crippen LogP contribution is -2.44. The quantitative estimate of drug-likeness (QED) is 0.566. The monoisotopic (exact) mass is 464 g/mol. The SMILES string of the molecule is CC(C)(CNC(=O)C1CCC(NC(=O)OCC2c3ccccc3-c3ccccc32)CC1)C(=O)O. The van der Waals surface area contributed by atoms with Crippen molar-refractivity contribution in [1.82, 2.24) is 10.6 Å². The number of carboxylic acids is 1. The lowest BCUT2D eigenvalue weighted by molar-refractivity contribution is -0.146. The van der Waals surface area contributed by atoms with Gasteiger partial charge in [-0.05, 0) is 61.8 Å². The molecule has 0 bridgehead atoms. The highest BCUT2D eigenvalue weighted by Gasteiger charge is 2.32. The topological polar surface area (TPSA) is 105 Å². The molecule has 180 valence electrons.